The molecule has 0 saturated carbocycles. The molecule has 0 saturated heterocycles. The van der Waals surface area contributed by atoms with E-state index in [0.717, 1.165) is 17.0 Å². The minimum absolute atomic E-state index is 0.590. The van der Waals surface area contributed by atoms with Gasteiger partial charge in [-0.2, -0.15) is 5.10 Å². The van der Waals surface area contributed by atoms with E-state index in [0.29, 0.717) is 17.3 Å². The summed E-state index contributed by atoms with van der Waals surface area (Å²) in [7, 11) is 0. The van der Waals surface area contributed by atoms with Gasteiger partial charge in [0, 0.05) is 23.0 Å². The van der Waals surface area contributed by atoms with Gasteiger partial charge in [0.15, 0.2) is 5.82 Å². The summed E-state index contributed by atoms with van der Waals surface area (Å²) >= 11 is 0. The highest BCUT2D eigenvalue weighted by molar-refractivity contribution is 5.76. The zero-order chi connectivity index (χ0) is 15.0. The number of rotatable bonds is 3. The highest BCUT2D eigenvalue weighted by Crippen LogP contribution is 2.25. The Bertz CT molecular complexity index is 656. The van der Waals surface area contributed by atoms with E-state index in [1.165, 1.54) is 0 Å². The van der Waals surface area contributed by atoms with Crippen molar-refractivity contribution in [1.82, 2.24) is 19.7 Å². The van der Waals surface area contributed by atoms with Crippen LogP contribution in [0.4, 0.5) is 0 Å². The molecule has 6 nitrogen and oxygen atoms in total. The lowest BCUT2D eigenvalue weighted by Gasteiger charge is -2.08. The third kappa shape index (κ3) is 2.41. The Morgan fingerprint density at radius 3 is 2.45 bits per heavy atom. The van der Waals surface area contributed by atoms with Crippen LogP contribution >= 0.6 is 0 Å². The number of carboxylic acids is 1. The standard InChI is InChI=1S/C14H18N4O2/c1-7-6-12(16-11(5)15-7)18-10(4)13(9(3)17-18)8(2)14(19)20/h6,8H,1-5H3,(H,19,20). The fourth-order valence-corrected chi connectivity index (χ4v) is 2.43. The van der Waals surface area contributed by atoms with Crippen LogP contribution in [-0.4, -0.2) is 30.8 Å². The summed E-state index contributed by atoms with van der Waals surface area (Å²) < 4.78 is 1.69. The van der Waals surface area contributed by atoms with Crippen LogP contribution in [0.5, 0.6) is 0 Å². The van der Waals surface area contributed by atoms with Crippen molar-refractivity contribution in [1.29, 1.82) is 0 Å². The lowest BCUT2D eigenvalue weighted by atomic mass is 9.99. The van der Waals surface area contributed by atoms with Crippen molar-refractivity contribution in [3.05, 3.63) is 34.5 Å². The molecule has 1 N–H and O–H groups in total. The molecule has 106 valence electrons. The first-order valence-corrected chi connectivity index (χ1v) is 6.43. The zero-order valence-corrected chi connectivity index (χ0v) is 12.3. The largest absolute Gasteiger partial charge is 0.481 e. The van der Waals surface area contributed by atoms with Crippen molar-refractivity contribution in [2.24, 2.45) is 0 Å². The number of aryl methyl sites for hydroxylation is 3. The molecule has 0 spiro atoms. The molecule has 0 aromatic carbocycles. The van der Waals surface area contributed by atoms with Crippen LogP contribution in [0.1, 0.15) is 41.3 Å². The lowest BCUT2D eigenvalue weighted by molar-refractivity contribution is -0.138. The minimum atomic E-state index is -0.856. The van der Waals surface area contributed by atoms with E-state index in [-0.39, 0.29) is 0 Å². The molecule has 0 aliphatic heterocycles. The summed E-state index contributed by atoms with van der Waals surface area (Å²) in [5.41, 5.74) is 3.11. The van der Waals surface area contributed by atoms with Gasteiger partial charge in [-0.15, -0.1) is 0 Å². The average molecular weight is 274 g/mol. The summed E-state index contributed by atoms with van der Waals surface area (Å²) in [5.74, 6) is -0.113. The predicted octanol–water partition coefficient (Wildman–Crippen LogP) is 2.08. The summed E-state index contributed by atoms with van der Waals surface area (Å²) in [6.45, 7) is 9.06. The zero-order valence-electron chi connectivity index (χ0n) is 12.3. The van der Waals surface area contributed by atoms with Gasteiger partial charge in [-0.3, -0.25) is 4.79 Å². The third-order valence-corrected chi connectivity index (χ3v) is 3.32. The van der Waals surface area contributed by atoms with E-state index in [2.05, 4.69) is 15.1 Å². The van der Waals surface area contributed by atoms with Crippen molar-refractivity contribution < 1.29 is 9.90 Å². The number of aliphatic carboxylic acids is 1. The Labute approximate surface area is 117 Å². The van der Waals surface area contributed by atoms with Crippen molar-refractivity contribution in [2.75, 3.05) is 0 Å². The summed E-state index contributed by atoms with van der Waals surface area (Å²) in [5, 5.41) is 13.6. The van der Waals surface area contributed by atoms with E-state index in [1.807, 2.05) is 33.8 Å². The minimum Gasteiger partial charge on any atom is -0.481 e. The Kier molecular flexibility index (Phi) is 3.57. The summed E-state index contributed by atoms with van der Waals surface area (Å²) in [6.07, 6.45) is 0. The second-order valence-corrected chi connectivity index (χ2v) is 4.97. The molecular weight excluding hydrogens is 256 g/mol. The molecule has 0 radical (unpaired) electrons. The van der Waals surface area contributed by atoms with Gasteiger partial charge >= 0.3 is 5.97 Å². The van der Waals surface area contributed by atoms with Gasteiger partial charge in [0.2, 0.25) is 0 Å². The topological polar surface area (TPSA) is 80.9 Å². The van der Waals surface area contributed by atoms with E-state index < -0.39 is 11.9 Å². The molecule has 0 fully saturated rings. The Balaban J connectivity index is 2.59. The fourth-order valence-electron chi connectivity index (χ4n) is 2.43. The van der Waals surface area contributed by atoms with Crippen molar-refractivity contribution in [2.45, 2.75) is 40.5 Å². The molecule has 2 rings (SSSR count). The Morgan fingerprint density at radius 2 is 1.90 bits per heavy atom. The van der Waals surface area contributed by atoms with Crippen LogP contribution in [0.2, 0.25) is 0 Å². The molecule has 1 atom stereocenters. The maximum Gasteiger partial charge on any atom is 0.310 e. The monoisotopic (exact) mass is 274 g/mol. The van der Waals surface area contributed by atoms with Gasteiger partial charge < -0.3 is 5.11 Å². The quantitative estimate of drug-likeness (QED) is 0.926. The second-order valence-electron chi connectivity index (χ2n) is 4.97. The fraction of sp³-hybridized carbons (Fsp3) is 0.429. The van der Waals surface area contributed by atoms with Gasteiger partial charge in [-0.25, -0.2) is 14.6 Å². The lowest BCUT2D eigenvalue weighted by Crippen LogP contribution is -2.10. The predicted molar refractivity (Wildman–Crippen MR) is 74.2 cm³/mol. The SMILES string of the molecule is Cc1cc(-n2nc(C)c(C(C)C(=O)O)c2C)nc(C)n1. The number of hydrogen-bond acceptors (Lipinski definition) is 4. The molecule has 0 aliphatic rings. The first kappa shape index (κ1) is 14.2. The maximum atomic E-state index is 11.2. The van der Waals surface area contributed by atoms with Gasteiger partial charge in [0.05, 0.1) is 11.6 Å². The number of carboxylic acid groups (broad SMARTS) is 1. The van der Waals surface area contributed by atoms with Crippen LogP contribution in [0.15, 0.2) is 6.07 Å². The molecule has 0 aliphatic carbocycles. The molecule has 2 heterocycles. The number of hydrogen-bond donors (Lipinski definition) is 1. The highest BCUT2D eigenvalue weighted by atomic mass is 16.4. The average Bonchev–Trinajstić information content (AvgIpc) is 2.62. The molecule has 1 unspecified atom stereocenters. The third-order valence-electron chi connectivity index (χ3n) is 3.32. The number of carbonyl (C=O) groups is 1. The van der Waals surface area contributed by atoms with E-state index in [4.69, 9.17) is 0 Å². The molecule has 6 heteroatoms. The van der Waals surface area contributed by atoms with Gasteiger partial charge in [0.1, 0.15) is 5.82 Å². The van der Waals surface area contributed by atoms with Crippen molar-refractivity contribution in [3.8, 4) is 5.82 Å². The van der Waals surface area contributed by atoms with E-state index >= 15 is 0 Å². The normalized spacial score (nSPS) is 12.4. The van der Waals surface area contributed by atoms with Gasteiger partial charge in [-0.05, 0) is 34.6 Å². The number of nitrogens with zero attached hydrogens (tertiary/aromatic N) is 4. The van der Waals surface area contributed by atoms with Crippen LogP contribution in [0.3, 0.4) is 0 Å². The molecule has 2 aromatic rings. The van der Waals surface area contributed by atoms with Crippen molar-refractivity contribution in [3.63, 3.8) is 0 Å². The maximum absolute atomic E-state index is 11.2. The van der Waals surface area contributed by atoms with E-state index in [9.17, 15) is 9.90 Å². The smallest absolute Gasteiger partial charge is 0.310 e. The van der Waals surface area contributed by atoms with Crippen LogP contribution in [0.25, 0.3) is 5.82 Å². The van der Waals surface area contributed by atoms with E-state index in [1.54, 1.807) is 11.6 Å². The molecule has 0 bridgehead atoms. The molecule has 0 amide bonds. The van der Waals surface area contributed by atoms with Gasteiger partial charge in [-0.1, -0.05) is 0 Å². The highest BCUT2D eigenvalue weighted by Gasteiger charge is 2.23. The first-order valence-electron chi connectivity index (χ1n) is 6.43. The summed E-state index contributed by atoms with van der Waals surface area (Å²) in [4.78, 5) is 19.8. The Morgan fingerprint density at radius 1 is 1.25 bits per heavy atom. The first-order chi connectivity index (χ1) is 9.31. The molecule has 20 heavy (non-hydrogen) atoms. The van der Waals surface area contributed by atoms with Crippen LogP contribution in [0, 0.1) is 27.7 Å². The van der Waals surface area contributed by atoms with Crippen molar-refractivity contribution >= 4 is 5.97 Å². The molecule has 2 aromatic heterocycles. The summed E-state index contributed by atoms with van der Waals surface area (Å²) in [6, 6.07) is 1.83. The second kappa shape index (κ2) is 5.03. The van der Waals surface area contributed by atoms with Crippen LogP contribution in [-0.2, 0) is 4.79 Å². The number of aromatic nitrogens is 4. The Hall–Kier alpha value is -2.24. The van der Waals surface area contributed by atoms with Crippen LogP contribution < -0.4 is 0 Å². The van der Waals surface area contributed by atoms with Gasteiger partial charge in [0.25, 0.3) is 0 Å². The molecular formula is C14H18N4O2.